The van der Waals surface area contributed by atoms with E-state index in [1.54, 1.807) is 70.2 Å². The molecule has 3 aromatic rings. The molecule has 4 fully saturated rings. The quantitative estimate of drug-likeness (QED) is 0.0307. The van der Waals surface area contributed by atoms with Crippen LogP contribution in [0.15, 0.2) is 67.1 Å². The number of H-pyrrole nitrogens is 1. The molecule has 5 heterocycles. The Kier molecular flexibility index (Phi) is 26.8. The zero-order chi connectivity index (χ0) is 69.9. The van der Waals surface area contributed by atoms with Crippen LogP contribution >= 0.6 is 0 Å². The number of carbonyl (C=O) groups is 13. The number of hydrogen-bond acceptors (Lipinski definition) is 17. The largest absolute Gasteiger partial charge is 0.508 e. The first-order valence-corrected chi connectivity index (χ1v) is 32.8. The molecular weight excluding hydrogens is 1250 g/mol. The van der Waals surface area contributed by atoms with Gasteiger partial charge in [-0.2, -0.15) is 0 Å². The number of phenolic OH excluding ortho intramolecular Hbond substituents is 1. The molecule has 15 N–H and O–H groups in total. The molecule has 31 nitrogen and oxygen atoms in total. The third-order valence-corrected chi connectivity index (χ3v) is 18.0. The summed E-state index contributed by atoms with van der Waals surface area (Å²) in [7, 11) is 0. The Balaban J connectivity index is 0.973. The van der Waals surface area contributed by atoms with E-state index in [-0.39, 0.29) is 82.8 Å². The number of hydrogen-bond donors (Lipinski definition) is 13. The Bertz CT molecular complexity index is 3260. The Morgan fingerprint density at radius 2 is 1.09 bits per heavy atom. The van der Waals surface area contributed by atoms with E-state index in [4.69, 9.17) is 11.5 Å². The summed E-state index contributed by atoms with van der Waals surface area (Å²) in [5, 5.41) is 47.9. The fourth-order valence-electron chi connectivity index (χ4n) is 12.7. The number of carboxylic acids is 1. The van der Waals surface area contributed by atoms with E-state index in [1.165, 1.54) is 39.4 Å². The molecule has 1 aromatic heterocycles. The monoisotopic (exact) mass is 1340 g/mol. The number of nitrogens with zero attached hydrogens (tertiary/aromatic N) is 5. The van der Waals surface area contributed by atoms with Gasteiger partial charge in [-0.25, -0.2) is 9.78 Å². The highest BCUT2D eigenvalue weighted by Gasteiger charge is 2.44. The Morgan fingerprint density at radius 3 is 1.68 bits per heavy atom. The van der Waals surface area contributed by atoms with Crippen molar-refractivity contribution < 1.29 is 77.6 Å². The minimum Gasteiger partial charge on any atom is -0.508 e. The van der Waals surface area contributed by atoms with Crippen LogP contribution < -0.4 is 48.7 Å². The number of aromatic nitrogens is 2. The maximum Gasteiger partial charge on any atom is 0.326 e. The first-order chi connectivity index (χ1) is 45.8. The van der Waals surface area contributed by atoms with Gasteiger partial charge in [-0.05, 0) is 99.3 Å². The number of aliphatic hydroxyl groups excluding tert-OH is 1. The van der Waals surface area contributed by atoms with Crippen LogP contribution in [0.25, 0.3) is 0 Å². The number of amides is 12. The van der Waals surface area contributed by atoms with Crippen LogP contribution in [0.3, 0.4) is 0 Å². The van der Waals surface area contributed by atoms with E-state index < -0.39 is 169 Å². The first kappa shape index (κ1) is 73.9. The Hall–Kier alpha value is -9.52. The summed E-state index contributed by atoms with van der Waals surface area (Å²) in [4.78, 5) is 191. The minimum absolute atomic E-state index is 0.0544. The summed E-state index contributed by atoms with van der Waals surface area (Å²) in [6.45, 7) is 6.04. The number of aromatic amines is 1. The van der Waals surface area contributed by atoms with Gasteiger partial charge >= 0.3 is 5.97 Å². The van der Waals surface area contributed by atoms with E-state index in [0.717, 1.165) is 4.90 Å². The SMILES string of the molecule is CCC(C)C(NC(=O)C1CCCN1C(=O)CNC(=O)C1CCCN1C(=O)C(Cc1ccccc1)NC(=O)C1CCCN1C(=O)C(N)Cc1ccc(O)cc1)C(=O)NC(Cc1cnc[nH]1)C(=O)NC(CC(N)=O)C(=O)NC(CO)C(=O)NC(CC(C)C)C(=O)N1CCCC1C(=O)O. The highest BCUT2D eigenvalue weighted by molar-refractivity contribution is 6.00. The van der Waals surface area contributed by atoms with Gasteiger partial charge in [0.2, 0.25) is 70.9 Å². The lowest BCUT2D eigenvalue weighted by atomic mass is 9.97. The first-order valence-electron chi connectivity index (χ1n) is 32.8. The Morgan fingerprint density at radius 1 is 0.583 bits per heavy atom. The lowest BCUT2D eigenvalue weighted by Crippen LogP contribution is -2.61. The molecule has 96 heavy (non-hydrogen) atoms. The predicted octanol–water partition coefficient (Wildman–Crippen LogP) is -2.50. The van der Waals surface area contributed by atoms with Crippen LogP contribution in [-0.4, -0.2) is 228 Å². The van der Waals surface area contributed by atoms with Crippen molar-refractivity contribution in [1.82, 2.24) is 66.8 Å². The van der Waals surface area contributed by atoms with E-state index in [1.807, 2.05) is 0 Å². The van der Waals surface area contributed by atoms with Crippen LogP contribution in [0.4, 0.5) is 0 Å². The van der Waals surface area contributed by atoms with E-state index in [2.05, 4.69) is 47.2 Å². The number of benzene rings is 2. The molecule has 0 spiro atoms. The van der Waals surface area contributed by atoms with E-state index >= 15 is 0 Å². The van der Waals surface area contributed by atoms with Crippen LogP contribution in [0, 0.1) is 11.8 Å². The standard InChI is InChI=1S/C65H91N15O16/c1-5-37(4)54(61(91)72-43(30-40-32-68-35-70-40)55(85)71-44(31-52(67)83)56(86)75-47(34-81)57(87)73-45(27-36(2)3)63(93)80-26-12-18-51(80)65(95)96)76-60(90)49-16-9-23-77(49)53(84)33-69-58(88)48-15-10-25-79(48)64(94)46(29-38-13-7-6-8-14-38)74-59(89)50-17-11-24-78(50)62(92)42(66)28-39-19-21-41(82)22-20-39/h6-8,13-14,19-22,32,35-37,42-51,54,81-82H,5,9-12,15-18,23-31,33-34,66H2,1-4H3,(H2,67,83)(H,68,70)(H,69,88)(H,71,85)(H,72,91)(H,73,87)(H,74,89)(H,75,86)(H,76,90)(H,95,96). The van der Waals surface area contributed by atoms with Crippen molar-refractivity contribution >= 4 is 76.9 Å². The fraction of sp³-hybridized carbons (Fsp3) is 0.569. The zero-order valence-corrected chi connectivity index (χ0v) is 54.5. The van der Waals surface area contributed by atoms with Gasteiger partial charge < -0.3 is 88.6 Å². The van der Waals surface area contributed by atoms with Gasteiger partial charge in [0.1, 0.15) is 66.2 Å². The van der Waals surface area contributed by atoms with Crippen molar-refractivity contribution in [2.45, 2.75) is 184 Å². The van der Waals surface area contributed by atoms with Crippen molar-refractivity contribution in [3.63, 3.8) is 0 Å². The van der Waals surface area contributed by atoms with E-state index in [0.29, 0.717) is 55.3 Å². The molecule has 31 heteroatoms. The molecule has 2 aromatic carbocycles. The number of aliphatic carboxylic acids is 1. The minimum atomic E-state index is -1.81. The average molecular weight is 1340 g/mol. The lowest BCUT2D eigenvalue weighted by molar-refractivity contribution is -0.149. The summed E-state index contributed by atoms with van der Waals surface area (Å²) in [6.07, 6.45) is 4.83. The summed E-state index contributed by atoms with van der Waals surface area (Å²) in [6, 6.07) is 1.21. The van der Waals surface area contributed by atoms with Crippen molar-refractivity contribution in [1.29, 1.82) is 0 Å². The molecule has 0 bridgehead atoms. The second-order valence-electron chi connectivity index (χ2n) is 25.5. The topological polar surface area (TPSA) is 460 Å². The molecule has 12 unspecified atom stereocenters. The van der Waals surface area contributed by atoms with Crippen molar-refractivity contribution in [2.75, 3.05) is 39.3 Å². The summed E-state index contributed by atoms with van der Waals surface area (Å²) < 4.78 is 0. The normalized spacial score (nSPS) is 20.2. The van der Waals surface area contributed by atoms with Gasteiger partial charge in [0, 0.05) is 50.9 Å². The van der Waals surface area contributed by atoms with Gasteiger partial charge in [0.25, 0.3) is 0 Å². The number of aromatic hydroxyl groups is 1. The predicted molar refractivity (Wildman–Crippen MR) is 343 cm³/mol. The highest BCUT2D eigenvalue weighted by atomic mass is 16.4. The van der Waals surface area contributed by atoms with Crippen molar-refractivity contribution in [3.8, 4) is 5.75 Å². The molecule has 0 saturated carbocycles. The van der Waals surface area contributed by atoms with Crippen LogP contribution in [0.2, 0.25) is 0 Å². The number of nitrogens with two attached hydrogens (primary N) is 2. The molecule has 0 radical (unpaired) electrons. The Labute approximate surface area is 555 Å². The number of imidazole rings is 1. The van der Waals surface area contributed by atoms with Crippen molar-refractivity contribution in [2.24, 2.45) is 23.3 Å². The molecule has 12 amide bonds. The lowest BCUT2D eigenvalue weighted by Gasteiger charge is -2.31. The van der Waals surface area contributed by atoms with Gasteiger partial charge in [-0.15, -0.1) is 0 Å². The molecule has 522 valence electrons. The summed E-state index contributed by atoms with van der Waals surface area (Å²) in [5.74, 6) is -11.3. The third kappa shape index (κ3) is 19.8. The smallest absolute Gasteiger partial charge is 0.326 e. The molecule has 12 atom stereocenters. The second kappa shape index (κ2) is 34.8. The van der Waals surface area contributed by atoms with Gasteiger partial charge in [-0.1, -0.05) is 76.6 Å². The van der Waals surface area contributed by atoms with Gasteiger partial charge in [0.15, 0.2) is 0 Å². The van der Waals surface area contributed by atoms with Gasteiger partial charge in [-0.3, -0.25) is 57.5 Å². The van der Waals surface area contributed by atoms with Crippen molar-refractivity contribution in [3.05, 3.63) is 83.9 Å². The number of phenols is 1. The molecule has 7 rings (SSSR count). The van der Waals surface area contributed by atoms with Gasteiger partial charge in [0.05, 0.1) is 31.9 Å². The fourth-order valence-corrected chi connectivity index (χ4v) is 12.7. The maximum absolute atomic E-state index is 14.6. The van der Waals surface area contributed by atoms with Crippen LogP contribution in [-0.2, 0) is 81.6 Å². The number of carboxylic acid groups (broad SMARTS) is 1. The van der Waals surface area contributed by atoms with E-state index in [9.17, 15) is 77.6 Å². The number of aliphatic hydroxyl groups is 1. The van der Waals surface area contributed by atoms with Crippen LogP contribution in [0.5, 0.6) is 5.75 Å². The third-order valence-electron chi connectivity index (χ3n) is 18.0. The number of primary amides is 1. The number of rotatable bonds is 32. The summed E-state index contributed by atoms with van der Waals surface area (Å²) >= 11 is 0. The van der Waals surface area contributed by atoms with Crippen LogP contribution in [0.1, 0.15) is 115 Å². The molecule has 4 saturated heterocycles. The highest BCUT2D eigenvalue weighted by Crippen LogP contribution is 2.25. The number of carbonyl (C=O) groups excluding carboxylic acids is 12. The molecule has 4 aliphatic heterocycles. The number of likely N-dealkylation sites (tertiary alicyclic amines) is 4. The molecular formula is C65H91N15O16. The second-order valence-corrected chi connectivity index (χ2v) is 25.5. The number of nitrogens with one attached hydrogen (secondary N) is 8. The molecule has 4 aliphatic rings. The molecule has 0 aliphatic carbocycles. The zero-order valence-electron chi connectivity index (χ0n) is 54.5. The average Bonchev–Trinajstić information content (AvgIpc) is 1.62. The summed E-state index contributed by atoms with van der Waals surface area (Å²) in [5.41, 5.74) is 13.6. The maximum atomic E-state index is 14.6.